The molecule has 1 saturated carbocycles. The number of benzene rings is 1. The smallest absolute Gasteiger partial charge is 0.328 e. The fourth-order valence-electron chi connectivity index (χ4n) is 3.53. The summed E-state index contributed by atoms with van der Waals surface area (Å²) in [5.41, 5.74) is -0.723. The molecule has 0 radical (unpaired) electrons. The van der Waals surface area contributed by atoms with Gasteiger partial charge in [-0.2, -0.15) is 0 Å². The second-order valence-electron chi connectivity index (χ2n) is 6.48. The summed E-state index contributed by atoms with van der Waals surface area (Å²) in [4.78, 5) is 25.8. The second kappa shape index (κ2) is 5.92. The molecule has 2 aliphatic rings. The Morgan fingerprint density at radius 3 is 2.65 bits per heavy atom. The van der Waals surface area contributed by atoms with E-state index in [1.54, 1.807) is 0 Å². The zero-order valence-corrected chi connectivity index (χ0v) is 13.0. The van der Waals surface area contributed by atoms with Crippen LogP contribution in [0.4, 0.5) is 4.39 Å². The number of carboxylic acid groups (broad SMARTS) is 1. The van der Waals surface area contributed by atoms with Crippen LogP contribution in [0, 0.1) is 11.7 Å². The number of halogens is 1. The van der Waals surface area contributed by atoms with Gasteiger partial charge in [-0.15, -0.1) is 0 Å². The predicted molar refractivity (Wildman–Crippen MR) is 80.3 cm³/mol. The SMILES string of the molecule is CC1CCC2(CC1)OCC(C(=O)O)N2C(=O)c1cccc(F)c1. The third-order valence-corrected chi connectivity index (χ3v) is 4.89. The van der Waals surface area contributed by atoms with Crippen molar-refractivity contribution in [1.82, 2.24) is 4.90 Å². The molecule has 3 rings (SSSR count). The van der Waals surface area contributed by atoms with Crippen LogP contribution in [0.15, 0.2) is 24.3 Å². The van der Waals surface area contributed by atoms with Crippen molar-refractivity contribution < 1.29 is 23.8 Å². The monoisotopic (exact) mass is 321 g/mol. The average molecular weight is 321 g/mol. The number of hydrogen-bond acceptors (Lipinski definition) is 3. The molecule has 1 spiro atoms. The first-order chi connectivity index (χ1) is 10.9. The minimum absolute atomic E-state index is 0.0230. The summed E-state index contributed by atoms with van der Waals surface area (Å²) in [7, 11) is 0. The number of carboxylic acids is 1. The number of amides is 1. The van der Waals surface area contributed by atoms with Gasteiger partial charge in [-0.25, -0.2) is 9.18 Å². The lowest BCUT2D eigenvalue weighted by molar-refractivity contribution is -0.143. The Balaban J connectivity index is 1.96. The third kappa shape index (κ3) is 2.83. The number of rotatable bonds is 2. The Morgan fingerprint density at radius 1 is 1.35 bits per heavy atom. The minimum Gasteiger partial charge on any atom is -0.480 e. The lowest BCUT2D eigenvalue weighted by Gasteiger charge is -2.42. The molecule has 1 N–H and O–H groups in total. The number of aliphatic carboxylic acids is 1. The fraction of sp³-hybridized carbons (Fsp3) is 0.529. The van der Waals surface area contributed by atoms with E-state index in [4.69, 9.17) is 4.74 Å². The molecule has 1 aliphatic carbocycles. The van der Waals surface area contributed by atoms with Crippen LogP contribution in [0.3, 0.4) is 0 Å². The maximum atomic E-state index is 13.4. The summed E-state index contributed by atoms with van der Waals surface area (Å²) in [6.07, 6.45) is 2.97. The molecule has 1 heterocycles. The lowest BCUT2D eigenvalue weighted by Crippen LogP contribution is -2.55. The molecule has 124 valence electrons. The number of nitrogens with zero attached hydrogens (tertiary/aromatic N) is 1. The van der Waals surface area contributed by atoms with Crippen molar-refractivity contribution in [2.75, 3.05) is 6.61 Å². The highest BCUT2D eigenvalue weighted by Crippen LogP contribution is 2.43. The Labute approximate surface area is 134 Å². The van der Waals surface area contributed by atoms with Gasteiger partial charge in [0.25, 0.3) is 5.91 Å². The van der Waals surface area contributed by atoms with Crippen LogP contribution in [-0.2, 0) is 9.53 Å². The van der Waals surface area contributed by atoms with Gasteiger partial charge >= 0.3 is 5.97 Å². The standard InChI is InChI=1S/C17H20FNO4/c1-11-5-7-17(8-6-11)19(14(10-23-17)16(21)22)15(20)12-3-2-4-13(18)9-12/h2-4,9,11,14H,5-8,10H2,1H3,(H,21,22). The first-order valence-corrected chi connectivity index (χ1v) is 7.89. The van der Waals surface area contributed by atoms with Crippen molar-refractivity contribution in [3.8, 4) is 0 Å². The van der Waals surface area contributed by atoms with Gasteiger partial charge in [0.05, 0.1) is 6.61 Å². The summed E-state index contributed by atoms with van der Waals surface area (Å²) in [6, 6.07) is 4.31. The maximum Gasteiger partial charge on any atom is 0.328 e. The van der Waals surface area contributed by atoms with Gasteiger partial charge in [0.1, 0.15) is 11.5 Å². The van der Waals surface area contributed by atoms with E-state index in [-0.39, 0.29) is 12.2 Å². The first kappa shape index (κ1) is 15.9. The van der Waals surface area contributed by atoms with Crippen LogP contribution in [0.5, 0.6) is 0 Å². The van der Waals surface area contributed by atoms with Gasteiger partial charge in [0.15, 0.2) is 6.04 Å². The molecule has 5 nitrogen and oxygen atoms in total. The topological polar surface area (TPSA) is 66.8 Å². The molecular formula is C17H20FNO4. The number of hydrogen-bond donors (Lipinski definition) is 1. The van der Waals surface area contributed by atoms with Crippen LogP contribution in [0.25, 0.3) is 0 Å². The van der Waals surface area contributed by atoms with E-state index in [1.165, 1.54) is 23.1 Å². The quantitative estimate of drug-likeness (QED) is 0.909. The van der Waals surface area contributed by atoms with E-state index < -0.39 is 29.5 Å². The van der Waals surface area contributed by atoms with E-state index in [0.29, 0.717) is 18.8 Å². The summed E-state index contributed by atoms with van der Waals surface area (Å²) in [5, 5.41) is 9.45. The second-order valence-corrected chi connectivity index (χ2v) is 6.48. The summed E-state index contributed by atoms with van der Waals surface area (Å²) in [6.45, 7) is 2.11. The lowest BCUT2D eigenvalue weighted by atomic mass is 9.83. The van der Waals surface area contributed by atoms with E-state index >= 15 is 0 Å². The Hall–Kier alpha value is -1.95. The molecule has 1 amide bonds. The highest BCUT2D eigenvalue weighted by Gasteiger charge is 2.53. The molecule has 1 aliphatic heterocycles. The van der Waals surface area contributed by atoms with E-state index in [2.05, 4.69) is 6.92 Å². The van der Waals surface area contributed by atoms with E-state index in [9.17, 15) is 19.1 Å². The van der Waals surface area contributed by atoms with Crippen LogP contribution < -0.4 is 0 Å². The maximum absolute atomic E-state index is 13.4. The Kier molecular flexibility index (Phi) is 4.10. The normalized spacial score (nSPS) is 30.6. The molecule has 23 heavy (non-hydrogen) atoms. The third-order valence-electron chi connectivity index (χ3n) is 4.89. The molecule has 1 atom stereocenters. The first-order valence-electron chi connectivity index (χ1n) is 7.89. The summed E-state index contributed by atoms with van der Waals surface area (Å²) in [5.74, 6) is -1.57. The molecular weight excluding hydrogens is 301 g/mol. The molecule has 6 heteroatoms. The van der Waals surface area contributed by atoms with Crippen molar-refractivity contribution in [2.24, 2.45) is 5.92 Å². The zero-order chi connectivity index (χ0) is 16.6. The highest BCUT2D eigenvalue weighted by atomic mass is 19.1. The molecule has 1 aromatic carbocycles. The Morgan fingerprint density at radius 2 is 2.04 bits per heavy atom. The van der Waals surface area contributed by atoms with Crippen LogP contribution >= 0.6 is 0 Å². The van der Waals surface area contributed by atoms with Crippen LogP contribution in [0.1, 0.15) is 43.0 Å². The summed E-state index contributed by atoms with van der Waals surface area (Å²) < 4.78 is 19.3. The van der Waals surface area contributed by atoms with Gasteiger partial charge in [-0.05, 0) is 49.8 Å². The van der Waals surface area contributed by atoms with Gasteiger partial charge in [0.2, 0.25) is 0 Å². The molecule has 2 fully saturated rings. The van der Waals surface area contributed by atoms with Crippen LogP contribution in [0.2, 0.25) is 0 Å². The van der Waals surface area contributed by atoms with E-state index in [0.717, 1.165) is 18.9 Å². The highest BCUT2D eigenvalue weighted by molar-refractivity contribution is 5.97. The van der Waals surface area contributed by atoms with Crippen molar-refractivity contribution in [2.45, 2.75) is 44.4 Å². The Bertz CT molecular complexity index is 625. The zero-order valence-electron chi connectivity index (χ0n) is 13.0. The number of ether oxygens (including phenoxy) is 1. The molecule has 0 aromatic heterocycles. The largest absolute Gasteiger partial charge is 0.480 e. The van der Waals surface area contributed by atoms with Gasteiger partial charge < -0.3 is 9.84 Å². The molecule has 1 aromatic rings. The van der Waals surface area contributed by atoms with Gasteiger partial charge in [0, 0.05) is 5.56 Å². The van der Waals surface area contributed by atoms with E-state index in [1.807, 2.05) is 0 Å². The van der Waals surface area contributed by atoms with Gasteiger partial charge in [-0.3, -0.25) is 9.69 Å². The fourth-order valence-corrected chi connectivity index (χ4v) is 3.53. The number of carbonyl (C=O) groups is 2. The number of carbonyl (C=O) groups excluding carboxylic acids is 1. The molecule has 1 unspecified atom stereocenters. The van der Waals surface area contributed by atoms with Crippen molar-refractivity contribution in [3.63, 3.8) is 0 Å². The summed E-state index contributed by atoms with van der Waals surface area (Å²) >= 11 is 0. The van der Waals surface area contributed by atoms with Crippen LogP contribution in [-0.4, -0.2) is 40.3 Å². The average Bonchev–Trinajstić information content (AvgIpc) is 2.89. The minimum atomic E-state index is -1.09. The van der Waals surface area contributed by atoms with Crippen molar-refractivity contribution in [1.29, 1.82) is 0 Å². The predicted octanol–water partition coefficient (Wildman–Crippen LogP) is 2.66. The van der Waals surface area contributed by atoms with Crippen molar-refractivity contribution >= 4 is 11.9 Å². The molecule has 0 bridgehead atoms. The van der Waals surface area contributed by atoms with Crippen molar-refractivity contribution in [3.05, 3.63) is 35.6 Å². The van der Waals surface area contributed by atoms with Gasteiger partial charge in [-0.1, -0.05) is 13.0 Å². The molecule has 1 saturated heterocycles.